The lowest BCUT2D eigenvalue weighted by atomic mass is 9.89. The van der Waals surface area contributed by atoms with Crippen molar-refractivity contribution in [2.24, 2.45) is 5.41 Å². The average Bonchev–Trinajstić information content (AvgIpc) is 3.15. The van der Waals surface area contributed by atoms with Crippen LogP contribution in [0.15, 0.2) is 0 Å². The summed E-state index contributed by atoms with van der Waals surface area (Å²) >= 11 is 0. The first-order valence-corrected chi connectivity index (χ1v) is 7.63. The van der Waals surface area contributed by atoms with Gasteiger partial charge in [0.1, 0.15) is 5.60 Å². The van der Waals surface area contributed by atoms with Crippen LogP contribution in [0.5, 0.6) is 0 Å². The SMILES string of the molecule is CC(C)(C)OC(=O)N(C1CC1)C1CCNCC12CC2. The van der Waals surface area contributed by atoms with Gasteiger partial charge in [-0.05, 0) is 59.4 Å². The van der Waals surface area contributed by atoms with Gasteiger partial charge in [0, 0.05) is 24.0 Å². The number of carbonyl (C=O) groups is 1. The average molecular weight is 266 g/mol. The first-order valence-electron chi connectivity index (χ1n) is 7.63. The molecule has 3 fully saturated rings. The standard InChI is InChI=1S/C15H26N2O2/c1-14(2,3)19-13(18)17(11-4-5-11)12-6-9-16-10-15(12)7-8-15/h11-12,16H,4-10H2,1-3H3. The van der Waals surface area contributed by atoms with Gasteiger partial charge in [-0.15, -0.1) is 0 Å². The van der Waals surface area contributed by atoms with E-state index in [9.17, 15) is 4.79 Å². The highest BCUT2D eigenvalue weighted by Crippen LogP contribution is 2.54. The summed E-state index contributed by atoms with van der Waals surface area (Å²) in [5.41, 5.74) is -0.0361. The molecule has 0 radical (unpaired) electrons. The number of rotatable bonds is 2. The van der Waals surface area contributed by atoms with Gasteiger partial charge in [0.15, 0.2) is 0 Å². The Kier molecular flexibility index (Phi) is 3.04. The normalized spacial score (nSPS) is 29.1. The van der Waals surface area contributed by atoms with Crippen LogP contribution in [-0.4, -0.2) is 41.8 Å². The maximum Gasteiger partial charge on any atom is 0.410 e. The first-order chi connectivity index (χ1) is 8.91. The molecule has 1 amide bonds. The summed E-state index contributed by atoms with van der Waals surface area (Å²) in [5, 5.41) is 3.49. The van der Waals surface area contributed by atoms with Crippen molar-refractivity contribution in [1.29, 1.82) is 0 Å². The van der Waals surface area contributed by atoms with Gasteiger partial charge in [-0.3, -0.25) is 0 Å². The van der Waals surface area contributed by atoms with E-state index in [2.05, 4.69) is 10.2 Å². The molecule has 0 bridgehead atoms. The largest absolute Gasteiger partial charge is 0.444 e. The number of carbonyl (C=O) groups excluding carboxylic acids is 1. The molecule has 1 unspecified atom stereocenters. The van der Waals surface area contributed by atoms with E-state index in [0.717, 1.165) is 32.4 Å². The number of piperidine rings is 1. The van der Waals surface area contributed by atoms with Crippen molar-refractivity contribution in [2.75, 3.05) is 13.1 Å². The van der Waals surface area contributed by atoms with Gasteiger partial charge in [-0.2, -0.15) is 0 Å². The number of ether oxygens (including phenoxy) is 1. The van der Waals surface area contributed by atoms with Crippen molar-refractivity contribution in [3.05, 3.63) is 0 Å². The Labute approximate surface area is 115 Å². The predicted octanol–water partition coefficient (Wildman–Crippen LogP) is 2.53. The van der Waals surface area contributed by atoms with Crippen LogP contribution in [0.25, 0.3) is 0 Å². The fourth-order valence-electron chi connectivity index (χ4n) is 3.30. The quantitative estimate of drug-likeness (QED) is 0.835. The number of nitrogens with zero attached hydrogens (tertiary/aromatic N) is 1. The van der Waals surface area contributed by atoms with Gasteiger partial charge in [0.2, 0.25) is 0 Å². The molecular weight excluding hydrogens is 240 g/mol. The van der Waals surface area contributed by atoms with E-state index in [4.69, 9.17) is 4.74 Å². The van der Waals surface area contributed by atoms with Crippen LogP contribution in [0, 0.1) is 5.41 Å². The molecule has 1 saturated heterocycles. The lowest BCUT2D eigenvalue weighted by Crippen LogP contribution is -2.54. The molecule has 4 heteroatoms. The number of hydrogen-bond donors (Lipinski definition) is 1. The van der Waals surface area contributed by atoms with E-state index in [1.165, 1.54) is 12.8 Å². The molecule has 1 N–H and O–H groups in total. The van der Waals surface area contributed by atoms with Crippen molar-refractivity contribution in [3.63, 3.8) is 0 Å². The summed E-state index contributed by atoms with van der Waals surface area (Å²) in [6, 6.07) is 0.839. The summed E-state index contributed by atoms with van der Waals surface area (Å²) in [5.74, 6) is 0. The maximum atomic E-state index is 12.5. The minimum absolute atomic E-state index is 0.0897. The van der Waals surface area contributed by atoms with Crippen LogP contribution < -0.4 is 5.32 Å². The summed E-state index contributed by atoms with van der Waals surface area (Å²) in [4.78, 5) is 14.6. The minimum atomic E-state index is -0.395. The molecule has 1 atom stereocenters. The molecule has 0 aromatic carbocycles. The molecule has 3 aliphatic rings. The maximum absolute atomic E-state index is 12.5. The van der Waals surface area contributed by atoms with E-state index < -0.39 is 5.60 Å². The van der Waals surface area contributed by atoms with E-state index in [1.54, 1.807) is 0 Å². The van der Waals surface area contributed by atoms with E-state index >= 15 is 0 Å². The molecule has 19 heavy (non-hydrogen) atoms. The third-order valence-corrected chi connectivity index (χ3v) is 4.55. The third kappa shape index (κ3) is 2.73. The molecule has 3 rings (SSSR count). The molecular formula is C15H26N2O2. The smallest absolute Gasteiger partial charge is 0.410 e. The van der Waals surface area contributed by atoms with Crippen molar-refractivity contribution < 1.29 is 9.53 Å². The van der Waals surface area contributed by atoms with Crippen molar-refractivity contribution >= 4 is 6.09 Å². The van der Waals surface area contributed by atoms with Crippen LogP contribution in [0.4, 0.5) is 4.79 Å². The van der Waals surface area contributed by atoms with Gasteiger partial charge < -0.3 is 15.0 Å². The number of nitrogens with one attached hydrogen (secondary N) is 1. The first kappa shape index (κ1) is 13.2. The van der Waals surface area contributed by atoms with Crippen LogP contribution in [0.1, 0.15) is 52.9 Å². The molecule has 2 saturated carbocycles. The highest BCUT2D eigenvalue weighted by molar-refractivity contribution is 5.69. The minimum Gasteiger partial charge on any atom is -0.444 e. The second-order valence-electron chi connectivity index (χ2n) is 7.46. The van der Waals surface area contributed by atoms with Crippen molar-refractivity contribution in [1.82, 2.24) is 10.2 Å². The Morgan fingerprint density at radius 3 is 2.47 bits per heavy atom. The zero-order valence-electron chi connectivity index (χ0n) is 12.4. The molecule has 0 aromatic heterocycles. The number of hydrogen-bond acceptors (Lipinski definition) is 3. The topological polar surface area (TPSA) is 41.6 Å². The summed E-state index contributed by atoms with van der Waals surface area (Å²) in [7, 11) is 0. The van der Waals surface area contributed by atoms with Gasteiger partial charge in [-0.1, -0.05) is 0 Å². The molecule has 1 aliphatic heterocycles. The zero-order chi connectivity index (χ0) is 13.7. The molecule has 4 nitrogen and oxygen atoms in total. The molecule has 2 aliphatic carbocycles. The fraction of sp³-hybridized carbons (Fsp3) is 0.933. The highest BCUT2D eigenvalue weighted by atomic mass is 16.6. The van der Waals surface area contributed by atoms with Gasteiger partial charge in [0.25, 0.3) is 0 Å². The van der Waals surface area contributed by atoms with E-state index in [0.29, 0.717) is 17.5 Å². The van der Waals surface area contributed by atoms with Crippen molar-refractivity contribution in [2.45, 2.75) is 70.6 Å². The molecule has 1 spiro atoms. The Morgan fingerprint density at radius 1 is 1.26 bits per heavy atom. The molecule has 1 heterocycles. The Hall–Kier alpha value is -0.770. The van der Waals surface area contributed by atoms with E-state index in [1.807, 2.05) is 20.8 Å². The van der Waals surface area contributed by atoms with Crippen LogP contribution in [0.3, 0.4) is 0 Å². The monoisotopic (exact) mass is 266 g/mol. The highest BCUT2D eigenvalue weighted by Gasteiger charge is 2.56. The fourth-order valence-corrected chi connectivity index (χ4v) is 3.30. The van der Waals surface area contributed by atoms with Gasteiger partial charge in [0.05, 0.1) is 0 Å². The van der Waals surface area contributed by atoms with Crippen LogP contribution in [0.2, 0.25) is 0 Å². The van der Waals surface area contributed by atoms with Crippen molar-refractivity contribution in [3.8, 4) is 0 Å². The van der Waals surface area contributed by atoms with Gasteiger partial charge in [-0.25, -0.2) is 4.79 Å². The molecule has 0 aromatic rings. The third-order valence-electron chi connectivity index (χ3n) is 4.55. The summed E-state index contributed by atoms with van der Waals surface area (Å²) in [6.45, 7) is 7.95. The van der Waals surface area contributed by atoms with Gasteiger partial charge >= 0.3 is 6.09 Å². The van der Waals surface area contributed by atoms with Crippen LogP contribution in [-0.2, 0) is 4.74 Å². The Bertz CT molecular complexity index is 367. The Balaban J connectivity index is 1.75. The lowest BCUT2D eigenvalue weighted by molar-refractivity contribution is -0.0000507. The predicted molar refractivity (Wildman–Crippen MR) is 74.0 cm³/mol. The Morgan fingerprint density at radius 2 is 1.95 bits per heavy atom. The number of amides is 1. The second-order valence-corrected chi connectivity index (χ2v) is 7.46. The van der Waals surface area contributed by atoms with Crippen LogP contribution >= 0.6 is 0 Å². The lowest BCUT2D eigenvalue weighted by Gasteiger charge is -2.41. The second kappa shape index (κ2) is 4.37. The summed E-state index contributed by atoms with van der Waals surface area (Å²) in [6.07, 6.45) is 5.81. The van der Waals surface area contributed by atoms with E-state index in [-0.39, 0.29) is 6.09 Å². The molecule has 108 valence electrons. The summed E-state index contributed by atoms with van der Waals surface area (Å²) < 4.78 is 5.64. The zero-order valence-corrected chi connectivity index (χ0v) is 12.4.